The highest BCUT2D eigenvalue weighted by Crippen LogP contribution is 2.43. The van der Waals surface area contributed by atoms with Crippen molar-refractivity contribution >= 4 is 21.9 Å². The van der Waals surface area contributed by atoms with Crippen LogP contribution in [-0.2, 0) is 16.0 Å². The van der Waals surface area contributed by atoms with Gasteiger partial charge in [-0.05, 0) is 54.9 Å². The van der Waals surface area contributed by atoms with Crippen molar-refractivity contribution in [1.82, 2.24) is 0 Å². The molecule has 0 radical (unpaired) electrons. The van der Waals surface area contributed by atoms with E-state index in [0.29, 0.717) is 18.4 Å². The molecule has 0 heterocycles. The van der Waals surface area contributed by atoms with E-state index in [4.69, 9.17) is 9.84 Å². The Balaban J connectivity index is 0.00000127. The summed E-state index contributed by atoms with van der Waals surface area (Å²) in [4.78, 5) is 12.4. The summed E-state index contributed by atoms with van der Waals surface area (Å²) in [5.74, 6) is 0.907. The molecule has 0 aromatic heterocycles. The van der Waals surface area contributed by atoms with Crippen LogP contribution in [0.25, 0.3) is 0 Å². The van der Waals surface area contributed by atoms with Gasteiger partial charge >= 0.3 is 5.97 Å². The normalized spacial score (nSPS) is 20.3. The molecule has 0 aliphatic heterocycles. The SMILES string of the molecule is CCC[C@@H](C)C[C@H]1Cc2ccc(Br)cc2[C@H]1C(=O)OCC.CO. The van der Waals surface area contributed by atoms with Crippen LogP contribution in [0.4, 0.5) is 0 Å². The number of fused-ring (bicyclic) bond motifs is 1. The zero-order valence-corrected chi connectivity index (χ0v) is 16.2. The predicted molar refractivity (Wildman–Crippen MR) is 97.5 cm³/mol. The highest BCUT2D eigenvalue weighted by molar-refractivity contribution is 9.10. The summed E-state index contributed by atoms with van der Waals surface area (Å²) in [6, 6.07) is 6.32. The van der Waals surface area contributed by atoms with Gasteiger partial charge in [-0.25, -0.2) is 0 Å². The number of carbonyl (C=O) groups is 1. The maximum Gasteiger partial charge on any atom is 0.313 e. The molecule has 0 saturated heterocycles. The number of ether oxygens (including phenoxy) is 1. The molecule has 23 heavy (non-hydrogen) atoms. The van der Waals surface area contributed by atoms with E-state index in [1.165, 1.54) is 18.4 Å². The number of hydrogen-bond donors (Lipinski definition) is 1. The molecule has 0 spiro atoms. The van der Waals surface area contributed by atoms with Crippen LogP contribution in [0.3, 0.4) is 0 Å². The van der Waals surface area contributed by atoms with Gasteiger partial charge in [0.2, 0.25) is 0 Å². The summed E-state index contributed by atoms with van der Waals surface area (Å²) in [5, 5.41) is 7.00. The molecule has 0 saturated carbocycles. The second-order valence-corrected chi connectivity index (χ2v) is 7.08. The molecule has 1 aliphatic rings. The first kappa shape index (κ1) is 20.2. The lowest BCUT2D eigenvalue weighted by Crippen LogP contribution is -2.22. The van der Waals surface area contributed by atoms with Crippen LogP contribution in [-0.4, -0.2) is 24.8 Å². The van der Waals surface area contributed by atoms with Crippen LogP contribution in [0, 0.1) is 11.8 Å². The largest absolute Gasteiger partial charge is 0.466 e. The molecule has 0 fully saturated rings. The molecule has 3 atom stereocenters. The van der Waals surface area contributed by atoms with E-state index in [1.54, 1.807) is 0 Å². The van der Waals surface area contributed by atoms with Crippen molar-refractivity contribution in [3.05, 3.63) is 33.8 Å². The Bertz CT molecular complexity index is 501. The second kappa shape index (κ2) is 10.1. The third-order valence-corrected chi connectivity index (χ3v) is 4.92. The zero-order chi connectivity index (χ0) is 17.4. The number of benzene rings is 1. The van der Waals surface area contributed by atoms with Gasteiger partial charge in [0.1, 0.15) is 0 Å². The van der Waals surface area contributed by atoms with Gasteiger partial charge in [0.25, 0.3) is 0 Å². The Kier molecular flexibility index (Phi) is 8.85. The Labute approximate surface area is 148 Å². The minimum absolute atomic E-state index is 0.0527. The van der Waals surface area contributed by atoms with Gasteiger partial charge < -0.3 is 9.84 Å². The Morgan fingerprint density at radius 3 is 2.70 bits per heavy atom. The van der Waals surface area contributed by atoms with E-state index in [2.05, 4.69) is 48.0 Å². The number of aliphatic hydroxyl groups excluding tert-OH is 1. The summed E-state index contributed by atoms with van der Waals surface area (Å²) in [6.45, 7) is 6.85. The maximum absolute atomic E-state index is 12.4. The van der Waals surface area contributed by atoms with Crippen molar-refractivity contribution in [2.24, 2.45) is 11.8 Å². The molecule has 130 valence electrons. The van der Waals surface area contributed by atoms with Crippen LogP contribution < -0.4 is 0 Å². The van der Waals surface area contributed by atoms with Crippen molar-refractivity contribution in [1.29, 1.82) is 0 Å². The molecular formula is C19H29BrO3. The van der Waals surface area contributed by atoms with Crippen molar-refractivity contribution in [2.75, 3.05) is 13.7 Å². The van der Waals surface area contributed by atoms with Crippen LogP contribution in [0.15, 0.2) is 22.7 Å². The number of aliphatic hydroxyl groups is 1. The van der Waals surface area contributed by atoms with Crippen molar-refractivity contribution in [3.63, 3.8) is 0 Å². The van der Waals surface area contributed by atoms with Gasteiger partial charge in [-0.15, -0.1) is 0 Å². The summed E-state index contributed by atoms with van der Waals surface area (Å²) in [6.07, 6.45) is 4.53. The standard InChI is InChI=1S/C18H25BrO2.CH4O/c1-4-6-12(3)9-14-10-13-7-8-15(19)11-16(13)17(14)18(20)21-5-2;1-2/h7-8,11-12,14,17H,4-6,9-10H2,1-3H3;2H,1H3/t12-,14+,17+;/m1./s1. The lowest BCUT2D eigenvalue weighted by molar-refractivity contribution is -0.146. The maximum atomic E-state index is 12.4. The quantitative estimate of drug-likeness (QED) is 0.722. The highest BCUT2D eigenvalue weighted by Gasteiger charge is 2.38. The van der Waals surface area contributed by atoms with Gasteiger partial charge in [-0.1, -0.05) is 48.7 Å². The lowest BCUT2D eigenvalue weighted by atomic mass is 9.84. The molecule has 1 aromatic rings. The van der Waals surface area contributed by atoms with Gasteiger partial charge in [0.05, 0.1) is 12.5 Å². The lowest BCUT2D eigenvalue weighted by Gasteiger charge is -2.22. The first-order valence-electron chi connectivity index (χ1n) is 8.46. The number of rotatable bonds is 6. The van der Waals surface area contributed by atoms with E-state index in [-0.39, 0.29) is 11.9 Å². The molecule has 3 nitrogen and oxygen atoms in total. The Morgan fingerprint density at radius 1 is 1.39 bits per heavy atom. The Hall–Kier alpha value is -0.870. The summed E-state index contributed by atoms with van der Waals surface area (Å²) in [7, 11) is 1.00. The summed E-state index contributed by atoms with van der Waals surface area (Å²) in [5.41, 5.74) is 2.47. The predicted octanol–water partition coefficient (Wildman–Crippen LogP) is 4.70. The van der Waals surface area contributed by atoms with Crippen molar-refractivity contribution in [2.45, 2.75) is 52.4 Å². The number of esters is 1. The third kappa shape index (κ3) is 5.32. The van der Waals surface area contributed by atoms with Crippen LogP contribution in [0.1, 0.15) is 57.1 Å². The number of hydrogen-bond acceptors (Lipinski definition) is 3. The topological polar surface area (TPSA) is 46.5 Å². The molecule has 0 unspecified atom stereocenters. The molecular weight excluding hydrogens is 356 g/mol. The third-order valence-electron chi connectivity index (χ3n) is 4.42. The zero-order valence-electron chi connectivity index (χ0n) is 14.6. The summed E-state index contributed by atoms with van der Waals surface area (Å²) >= 11 is 3.52. The van der Waals surface area contributed by atoms with Gasteiger partial charge in [-0.3, -0.25) is 4.79 Å². The average Bonchev–Trinajstić information content (AvgIpc) is 2.86. The van der Waals surface area contributed by atoms with Gasteiger partial charge in [0.15, 0.2) is 0 Å². The van der Waals surface area contributed by atoms with E-state index in [0.717, 1.165) is 30.0 Å². The van der Waals surface area contributed by atoms with Crippen molar-refractivity contribution in [3.8, 4) is 0 Å². The molecule has 1 aromatic carbocycles. The minimum Gasteiger partial charge on any atom is -0.466 e. The van der Waals surface area contributed by atoms with E-state index >= 15 is 0 Å². The van der Waals surface area contributed by atoms with Crippen molar-refractivity contribution < 1.29 is 14.6 Å². The molecule has 2 rings (SSSR count). The Morgan fingerprint density at radius 2 is 2.09 bits per heavy atom. The van der Waals surface area contributed by atoms with Gasteiger partial charge in [-0.2, -0.15) is 0 Å². The van der Waals surface area contributed by atoms with Crippen LogP contribution >= 0.6 is 15.9 Å². The van der Waals surface area contributed by atoms with E-state index in [9.17, 15) is 4.79 Å². The fraction of sp³-hybridized carbons (Fsp3) is 0.632. The molecule has 1 N–H and O–H groups in total. The summed E-state index contributed by atoms with van der Waals surface area (Å²) < 4.78 is 6.38. The molecule has 0 amide bonds. The number of carbonyl (C=O) groups excluding carboxylic acids is 1. The number of halogens is 1. The molecule has 0 bridgehead atoms. The second-order valence-electron chi connectivity index (χ2n) is 6.17. The molecule has 1 aliphatic carbocycles. The fourth-order valence-electron chi connectivity index (χ4n) is 3.59. The van der Waals surface area contributed by atoms with Crippen LogP contribution in [0.2, 0.25) is 0 Å². The first-order chi connectivity index (χ1) is 11.1. The monoisotopic (exact) mass is 384 g/mol. The van der Waals surface area contributed by atoms with E-state index < -0.39 is 0 Å². The molecule has 4 heteroatoms. The first-order valence-corrected chi connectivity index (χ1v) is 9.25. The minimum atomic E-state index is -0.0863. The fourth-order valence-corrected chi connectivity index (χ4v) is 3.97. The van der Waals surface area contributed by atoms with E-state index in [1.807, 2.05) is 6.92 Å². The highest BCUT2D eigenvalue weighted by atomic mass is 79.9. The van der Waals surface area contributed by atoms with Gasteiger partial charge in [0, 0.05) is 11.6 Å². The van der Waals surface area contributed by atoms with Crippen LogP contribution in [0.5, 0.6) is 0 Å². The average molecular weight is 385 g/mol. The smallest absolute Gasteiger partial charge is 0.313 e.